The zero-order valence-corrected chi connectivity index (χ0v) is 15.8. The smallest absolute Gasteiger partial charge is 0.340 e. The van der Waals surface area contributed by atoms with Gasteiger partial charge in [-0.05, 0) is 37.3 Å². The SMILES string of the molecule is CCOc1ccccc1NC(=O)COC(=O)c1cc(S(N)(=O)=O)ccc1Cl. The number of hydrogen-bond acceptors (Lipinski definition) is 6. The van der Waals surface area contributed by atoms with Crippen molar-refractivity contribution < 1.29 is 27.5 Å². The molecule has 0 heterocycles. The number of nitrogens with one attached hydrogen (secondary N) is 1. The molecule has 0 atom stereocenters. The standard InChI is InChI=1S/C17H17ClN2O6S/c1-2-25-15-6-4-3-5-14(15)20-16(21)10-26-17(22)12-9-11(27(19,23)24)7-8-13(12)18/h3-9H,2,10H2,1H3,(H,20,21)(H2,19,23,24). The van der Waals surface area contributed by atoms with Crippen LogP contribution >= 0.6 is 11.6 Å². The van der Waals surface area contributed by atoms with Gasteiger partial charge in [-0.2, -0.15) is 0 Å². The molecule has 2 aromatic rings. The van der Waals surface area contributed by atoms with Crippen LogP contribution in [0.5, 0.6) is 5.75 Å². The van der Waals surface area contributed by atoms with Crippen LogP contribution in [0.2, 0.25) is 5.02 Å². The number of anilines is 1. The van der Waals surface area contributed by atoms with Crippen molar-refractivity contribution in [3.63, 3.8) is 0 Å². The average Bonchev–Trinajstić information content (AvgIpc) is 2.61. The predicted molar refractivity (Wildman–Crippen MR) is 99.3 cm³/mol. The van der Waals surface area contributed by atoms with Gasteiger partial charge in [0.2, 0.25) is 10.0 Å². The molecule has 8 nitrogen and oxygen atoms in total. The van der Waals surface area contributed by atoms with Gasteiger partial charge in [-0.3, -0.25) is 4.79 Å². The molecule has 0 aliphatic carbocycles. The van der Waals surface area contributed by atoms with Gasteiger partial charge >= 0.3 is 5.97 Å². The second-order valence-corrected chi connectivity index (χ2v) is 7.21. The van der Waals surface area contributed by atoms with Crippen LogP contribution in [-0.2, 0) is 19.6 Å². The molecule has 0 aromatic heterocycles. The Morgan fingerprint density at radius 3 is 2.56 bits per heavy atom. The number of para-hydroxylation sites is 2. The topological polar surface area (TPSA) is 125 Å². The molecule has 27 heavy (non-hydrogen) atoms. The molecule has 0 bridgehead atoms. The lowest BCUT2D eigenvalue weighted by molar-refractivity contribution is -0.119. The summed E-state index contributed by atoms with van der Waals surface area (Å²) in [6.07, 6.45) is 0. The zero-order chi connectivity index (χ0) is 20.0. The summed E-state index contributed by atoms with van der Waals surface area (Å²) in [7, 11) is -4.02. The molecule has 2 rings (SSSR count). The number of primary sulfonamides is 1. The number of ether oxygens (including phenoxy) is 2. The van der Waals surface area contributed by atoms with Gasteiger partial charge in [0.1, 0.15) is 5.75 Å². The largest absolute Gasteiger partial charge is 0.492 e. The number of hydrogen-bond donors (Lipinski definition) is 2. The molecule has 10 heteroatoms. The van der Waals surface area contributed by atoms with E-state index in [1.807, 2.05) is 0 Å². The minimum absolute atomic E-state index is 0.0329. The second kappa shape index (κ2) is 8.85. The van der Waals surface area contributed by atoms with Gasteiger partial charge in [0, 0.05) is 0 Å². The van der Waals surface area contributed by atoms with Crippen molar-refractivity contribution in [2.45, 2.75) is 11.8 Å². The van der Waals surface area contributed by atoms with Crippen molar-refractivity contribution in [3.8, 4) is 5.75 Å². The number of benzene rings is 2. The Morgan fingerprint density at radius 1 is 1.19 bits per heavy atom. The average molecular weight is 413 g/mol. The van der Waals surface area contributed by atoms with E-state index in [-0.39, 0.29) is 15.5 Å². The molecule has 1 amide bonds. The second-order valence-electron chi connectivity index (χ2n) is 5.24. The Balaban J connectivity index is 2.05. The van der Waals surface area contributed by atoms with Gasteiger partial charge in [0.15, 0.2) is 6.61 Å². The van der Waals surface area contributed by atoms with Gasteiger partial charge in [-0.25, -0.2) is 18.4 Å². The first-order valence-corrected chi connectivity index (χ1v) is 9.66. The van der Waals surface area contributed by atoms with E-state index in [2.05, 4.69) is 5.32 Å². The van der Waals surface area contributed by atoms with Crippen LogP contribution in [-0.4, -0.2) is 33.5 Å². The van der Waals surface area contributed by atoms with Crippen molar-refractivity contribution in [2.24, 2.45) is 5.14 Å². The van der Waals surface area contributed by atoms with Crippen molar-refractivity contribution in [1.29, 1.82) is 0 Å². The fourth-order valence-electron chi connectivity index (χ4n) is 2.08. The van der Waals surface area contributed by atoms with Crippen LogP contribution in [0.25, 0.3) is 0 Å². The molecule has 0 saturated heterocycles. The van der Waals surface area contributed by atoms with Gasteiger partial charge in [0.05, 0.1) is 27.8 Å². The Morgan fingerprint density at radius 2 is 1.89 bits per heavy atom. The fraction of sp³-hybridized carbons (Fsp3) is 0.176. The summed E-state index contributed by atoms with van der Waals surface area (Å²) < 4.78 is 33.0. The molecule has 0 saturated carbocycles. The summed E-state index contributed by atoms with van der Waals surface area (Å²) in [5.74, 6) is -1.09. The normalized spacial score (nSPS) is 10.9. The summed E-state index contributed by atoms with van der Waals surface area (Å²) in [6, 6.07) is 10.1. The third kappa shape index (κ3) is 5.68. The summed E-state index contributed by atoms with van der Waals surface area (Å²) in [6.45, 7) is 1.62. The highest BCUT2D eigenvalue weighted by Gasteiger charge is 2.18. The fourth-order valence-corrected chi connectivity index (χ4v) is 2.82. The number of halogens is 1. The quantitative estimate of drug-likeness (QED) is 0.671. The van der Waals surface area contributed by atoms with Gasteiger partial charge < -0.3 is 14.8 Å². The lowest BCUT2D eigenvalue weighted by Gasteiger charge is -2.11. The summed E-state index contributed by atoms with van der Waals surface area (Å²) in [4.78, 5) is 23.8. The van der Waals surface area contributed by atoms with Crippen molar-refractivity contribution in [2.75, 3.05) is 18.5 Å². The maximum atomic E-state index is 12.1. The Hall–Kier alpha value is -2.62. The minimum atomic E-state index is -4.02. The number of carbonyl (C=O) groups excluding carboxylic acids is 2. The summed E-state index contributed by atoms with van der Waals surface area (Å²) >= 11 is 5.89. The third-order valence-corrected chi connectivity index (χ3v) is 4.52. The summed E-state index contributed by atoms with van der Waals surface area (Å²) in [5.41, 5.74) is 0.209. The number of carbonyl (C=O) groups is 2. The van der Waals surface area contributed by atoms with E-state index in [0.717, 1.165) is 12.1 Å². The number of sulfonamides is 1. The van der Waals surface area contributed by atoms with Crippen LogP contribution in [0.3, 0.4) is 0 Å². The highest BCUT2D eigenvalue weighted by Crippen LogP contribution is 2.24. The van der Waals surface area contributed by atoms with E-state index in [1.165, 1.54) is 6.07 Å². The number of esters is 1. The first-order valence-electron chi connectivity index (χ1n) is 7.73. The summed E-state index contributed by atoms with van der Waals surface area (Å²) in [5, 5.41) is 7.55. The Bertz CT molecular complexity index is 962. The highest BCUT2D eigenvalue weighted by atomic mass is 35.5. The molecule has 0 unspecified atom stereocenters. The van der Waals surface area contributed by atoms with E-state index < -0.39 is 28.5 Å². The first kappa shape index (κ1) is 20.7. The molecule has 0 fully saturated rings. The number of nitrogens with two attached hydrogens (primary N) is 1. The van der Waals surface area contributed by atoms with Gasteiger partial charge in [-0.15, -0.1) is 0 Å². The predicted octanol–water partition coefficient (Wildman–Crippen LogP) is 2.18. The molecule has 144 valence electrons. The number of rotatable bonds is 7. The number of amides is 1. The molecule has 0 spiro atoms. The molecule has 0 aliphatic heterocycles. The van der Waals surface area contributed by atoms with E-state index in [1.54, 1.807) is 31.2 Å². The maximum Gasteiger partial charge on any atom is 0.340 e. The molecule has 0 aliphatic rings. The van der Waals surface area contributed by atoms with Gasteiger partial charge in [0.25, 0.3) is 5.91 Å². The van der Waals surface area contributed by atoms with E-state index in [0.29, 0.717) is 18.0 Å². The molecule has 2 aromatic carbocycles. The maximum absolute atomic E-state index is 12.1. The van der Waals surface area contributed by atoms with Crippen molar-refractivity contribution >= 4 is 39.2 Å². The van der Waals surface area contributed by atoms with Crippen LogP contribution in [0.4, 0.5) is 5.69 Å². The van der Waals surface area contributed by atoms with Crippen LogP contribution in [0, 0.1) is 0 Å². The zero-order valence-electron chi connectivity index (χ0n) is 14.3. The van der Waals surface area contributed by atoms with Crippen molar-refractivity contribution in [3.05, 3.63) is 53.1 Å². The highest BCUT2D eigenvalue weighted by molar-refractivity contribution is 7.89. The molecule has 0 radical (unpaired) electrons. The molecule has 3 N–H and O–H groups in total. The molecular formula is C17H17ClN2O6S. The third-order valence-electron chi connectivity index (χ3n) is 3.28. The lowest BCUT2D eigenvalue weighted by atomic mass is 10.2. The van der Waals surface area contributed by atoms with E-state index >= 15 is 0 Å². The molecular weight excluding hydrogens is 396 g/mol. The minimum Gasteiger partial charge on any atom is -0.492 e. The van der Waals surface area contributed by atoms with Crippen LogP contribution < -0.4 is 15.2 Å². The van der Waals surface area contributed by atoms with Gasteiger partial charge in [-0.1, -0.05) is 23.7 Å². The Labute approximate surface area is 161 Å². The van der Waals surface area contributed by atoms with E-state index in [9.17, 15) is 18.0 Å². The van der Waals surface area contributed by atoms with E-state index in [4.69, 9.17) is 26.2 Å². The Kier molecular flexibility index (Phi) is 6.78. The van der Waals surface area contributed by atoms with Crippen LogP contribution in [0.15, 0.2) is 47.4 Å². The lowest BCUT2D eigenvalue weighted by Crippen LogP contribution is -2.21. The van der Waals surface area contributed by atoms with Crippen molar-refractivity contribution in [1.82, 2.24) is 0 Å². The monoisotopic (exact) mass is 412 g/mol. The first-order chi connectivity index (χ1) is 12.7. The van der Waals surface area contributed by atoms with Crippen LogP contribution in [0.1, 0.15) is 17.3 Å².